The van der Waals surface area contributed by atoms with Gasteiger partial charge in [-0.2, -0.15) is 0 Å². The summed E-state index contributed by atoms with van der Waals surface area (Å²) in [4.78, 5) is 16.6. The standard InChI is InChI=1S/C15H10BrClN2O2/c1-8-18-12-3-2-4-13(14(12)21-8)19-15(20)10-7-9(16)5-6-11(10)17/h2-7H,1H3,(H,19,20). The van der Waals surface area contributed by atoms with Gasteiger partial charge in [0.1, 0.15) is 5.52 Å². The van der Waals surface area contributed by atoms with E-state index in [1.807, 2.05) is 12.1 Å². The van der Waals surface area contributed by atoms with Gasteiger partial charge in [-0.1, -0.05) is 33.6 Å². The van der Waals surface area contributed by atoms with Crippen LogP contribution in [0.5, 0.6) is 0 Å². The molecule has 3 aromatic rings. The predicted octanol–water partition coefficient (Wildman–Crippen LogP) is 4.80. The fourth-order valence-corrected chi connectivity index (χ4v) is 2.58. The number of para-hydroxylation sites is 1. The predicted molar refractivity (Wildman–Crippen MR) is 85.9 cm³/mol. The molecule has 0 saturated heterocycles. The summed E-state index contributed by atoms with van der Waals surface area (Å²) >= 11 is 9.39. The second kappa shape index (κ2) is 5.50. The van der Waals surface area contributed by atoms with Crippen LogP contribution in [0.1, 0.15) is 16.2 Å². The van der Waals surface area contributed by atoms with Crippen LogP contribution in [0.3, 0.4) is 0 Å². The van der Waals surface area contributed by atoms with E-state index < -0.39 is 0 Å². The van der Waals surface area contributed by atoms with E-state index in [9.17, 15) is 4.79 Å². The van der Waals surface area contributed by atoms with E-state index in [2.05, 4.69) is 26.2 Å². The quantitative estimate of drug-likeness (QED) is 0.709. The maximum Gasteiger partial charge on any atom is 0.257 e. The van der Waals surface area contributed by atoms with Crippen molar-refractivity contribution < 1.29 is 9.21 Å². The molecule has 0 atom stereocenters. The van der Waals surface area contributed by atoms with Crippen LogP contribution in [-0.2, 0) is 0 Å². The molecule has 1 heterocycles. The zero-order chi connectivity index (χ0) is 15.0. The van der Waals surface area contributed by atoms with Gasteiger partial charge in [0.2, 0.25) is 0 Å². The molecule has 4 nitrogen and oxygen atoms in total. The minimum atomic E-state index is -0.303. The van der Waals surface area contributed by atoms with Crippen molar-refractivity contribution in [2.45, 2.75) is 6.92 Å². The average Bonchev–Trinajstić information content (AvgIpc) is 2.83. The highest BCUT2D eigenvalue weighted by atomic mass is 79.9. The number of nitrogens with one attached hydrogen (secondary N) is 1. The van der Waals surface area contributed by atoms with Crippen molar-refractivity contribution in [2.24, 2.45) is 0 Å². The number of carbonyl (C=O) groups excluding carboxylic acids is 1. The normalized spacial score (nSPS) is 10.8. The third kappa shape index (κ3) is 2.80. The summed E-state index contributed by atoms with van der Waals surface area (Å²) in [5, 5.41) is 3.19. The van der Waals surface area contributed by atoms with Crippen molar-refractivity contribution in [2.75, 3.05) is 5.32 Å². The summed E-state index contributed by atoms with van der Waals surface area (Å²) in [5.41, 5.74) is 2.20. The number of hydrogen-bond acceptors (Lipinski definition) is 3. The zero-order valence-corrected chi connectivity index (χ0v) is 13.3. The molecule has 106 valence electrons. The number of fused-ring (bicyclic) bond motifs is 1. The van der Waals surface area contributed by atoms with E-state index in [1.54, 1.807) is 31.2 Å². The summed E-state index contributed by atoms with van der Waals surface area (Å²) in [7, 11) is 0. The van der Waals surface area contributed by atoms with Crippen LogP contribution in [0.4, 0.5) is 5.69 Å². The Labute approximate surface area is 134 Å². The maximum absolute atomic E-state index is 12.4. The number of halogens is 2. The van der Waals surface area contributed by atoms with E-state index >= 15 is 0 Å². The van der Waals surface area contributed by atoms with Gasteiger partial charge in [-0.3, -0.25) is 4.79 Å². The van der Waals surface area contributed by atoms with Gasteiger partial charge in [0.15, 0.2) is 11.5 Å². The topological polar surface area (TPSA) is 55.1 Å². The first kappa shape index (κ1) is 14.1. The smallest absolute Gasteiger partial charge is 0.257 e. The molecule has 3 rings (SSSR count). The lowest BCUT2D eigenvalue weighted by Crippen LogP contribution is -2.12. The molecule has 6 heteroatoms. The lowest BCUT2D eigenvalue weighted by molar-refractivity contribution is 0.102. The van der Waals surface area contributed by atoms with E-state index in [1.165, 1.54) is 0 Å². The number of aromatic nitrogens is 1. The van der Waals surface area contributed by atoms with E-state index in [4.69, 9.17) is 16.0 Å². The second-order valence-corrected chi connectivity index (χ2v) is 5.79. The summed E-state index contributed by atoms with van der Waals surface area (Å²) < 4.78 is 6.30. The van der Waals surface area contributed by atoms with Gasteiger partial charge < -0.3 is 9.73 Å². The van der Waals surface area contributed by atoms with E-state index in [0.717, 1.165) is 4.47 Å². The number of hydrogen-bond donors (Lipinski definition) is 1. The fourth-order valence-electron chi connectivity index (χ4n) is 2.02. The van der Waals surface area contributed by atoms with Gasteiger partial charge in [-0.15, -0.1) is 0 Å². The summed E-state index contributed by atoms with van der Waals surface area (Å²) in [5.74, 6) is 0.245. The highest BCUT2D eigenvalue weighted by Crippen LogP contribution is 2.26. The molecular weight excluding hydrogens is 356 g/mol. The Morgan fingerprint density at radius 3 is 2.95 bits per heavy atom. The van der Waals surface area contributed by atoms with Gasteiger partial charge in [0, 0.05) is 11.4 Å². The second-order valence-electron chi connectivity index (χ2n) is 4.46. The average molecular weight is 366 g/mol. The molecule has 1 amide bonds. The Morgan fingerprint density at radius 1 is 1.33 bits per heavy atom. The van der Waals surface area contributed by atoms with Gasteiger partial charge in [0.05, 0.1) is 16.3 Å². The van der Waals surface area contributed by atoms with Gasteiger partial charge in [-0.05, 0) is 30.3 Å². The number of aryl methyl sites for hydroxylation is 1. The fraction of sp³-hybridized carbons (Fsp3) is 0.0667. The molecule has 2 aromatic carbocycles. The molecule has 21 heavy (non-hydrogen) atoms. The number of carbonyl (C=O) groups is 1. The molecule has 1 N–H and O–H groups in total. The third-order valence-corrected chi connectivity index (χ3v) is 3.77. The minimum Gasteiger partial charge on any atom is -0.439 e. The summed E-state index contributed by atoms with van der Waals surface area (Å²) in [6.07, 6.45) is 0. The Hall–Kier alpha value is -1.85. The molecule has 0 unspecified atom stereocenters. The van der Waals surface area contributed by atoms with Crippen molar-refractivity contribution in [3.8, 4) is 0 Å². The molecule has 0 bridgehead atoms. The van der Waals surface area contributed by atoms with Crippen LogP contribution >= 0.6 is 27.5 Å². The molecule has 1 aromatic heterocycles. The highest BCUT2D eigenvalue weighted by molar-refractivity contribution is 9.10. The first-order valence-corrected chi connectivity index (χ1v) is 7.34. The molecule has 0 aliphatic carbocycles. The number of nitrogens with zero attached hydrogens (tertiary/aromatic N) is 1. The Balaban J connectivity index is 1.98. The van der Waals surface area contributed by atoms with Crippen LogP contribution in [0, 0.1) is 6.92 Å². The van der Waals surface area contributed by atoms with Crippen molar-refractivity contribution >= 4 is 50.2 Å². The minimum absolute atomic E-state index is 0.303. The molecule has 0 saturated carbocycles. The summed E-state index contributed by atoms with van der Waals surface area (Å²) in [6.45, 7) is 1.76. The first-order chi connectivity index (χ1) is 10.0. The van der Waals surface area contributed by atoms with Crippen LogP contribution in [-0.4, -0.2) is 10.9 Å². The van der Waals surface area contributed by atoms with Crippen molar-refractivity contribution in [1.82, 2.24) is 4.98 Å². The number of oxazole rings is 1. The zero-order valence-electron chi connectivity index (χ0n) is 11.0. The van der Waals surface area contributed by atoms with E-state index in [0.29, 0.717) is 33.3 Å². The molecule has 0 aliphatic rings. The Morgan fingerprint density at radius 2 is 2.14 bits per heavy atom. The lowest BCUT2D eigenvalue weighted by Gasteiger charge is -2.07. The molecule has 0 spiro atoms. The van der Waals surface area contributed by atoms with Gasteiger partial charge >= 0.3 is 0 Å². The Kier molecular flexibility index (Phi) is 3.69. The highest BCUT2D eigenvalue weighted by Gasteiger charge is 2.14. The monoisotopic (exact) mass is 364 g/mol. The first-order valence-electron chi connectivity index (χ1n) is 6.17. The molecule has 0 aliphatic heterocycles. The van der Waals surface area contributed by atoms with Crippen LogP contribution in [0.2, 0.25) is 5.02 Å². The van der Waals surface area contributed by atoms with Gasteiger partial charge in [0.25, 0.3) is 5.91 Å². The molecule has 0 fully saturated rings. The number of rotatable bonds is 2. The SMILES string of the molecule is Cc1nc2cccc(NC(=O)c3cc(Br)ccc3Cl)c2o1. The number of anilines is 1. The lowest BCUT2D eigenvalue weighted by atomic mass is 10.2. The van der Waals surface area contributed by atoms with Crippen molar-refractivity contribution in [3.05, 3.63) is 57.3 Å². The maximum atomic E-state index is 12.4. The number of amides is 1. The number of benzene rings is 2. The van der Waals surface area contributed by atoms with Crippen LogP contribution in [0.15, 0.2) is 45.3 Å². The molecular formula is C15H10BrClN2O2. The molecule has 0 radical (unpaired) electrons. The van der Waals surface area contributed by atoms with Gasteiger partial charge in [-0.25, -0.2) is 4.98 Å². The summed E-state index contributed by atoms with van der Waals surface area (Å²) in [6, 6.07) is 10.5. The van der Waals surface area contributed by atoms with Crippen LogP contribution in [0.25, 0.3) is 11.1 Å². The Bertz CT molecular complexity index is 845. The van der Waals surface area contributed by atoms with Crippen molar-refractivity contribution in [1.29, 1.82) is 0 Å². The largest absolute Gasteiger partial charge is 0.439 e. The van der Waals surface area contributed by atoms with E-state index in [-0.39, 0.29) is 5.91 Å². The third-order valence-electron chi connectivity index (χ3n) is 2.94. The van der Waals surface area contributed by atoms with Crippen molar-refractivity contribution in [3.63, 3.8) is 0 Å². The van der Waals surface area contributed by atoms with Crippen LogP contribution < -0.4 is 5.32 Å².